The van der Waals surface area contributed by atoms with Gasteiger partial charge < -0.3 is 15.4 Å². The zero-order valence-corrected chi connectivity index (χ0v) is 23.5. The molecule has 0 spiro atoms. The number of alkyl halides is 1. The summed E-state index contributed by atoms with van der Waals surface area (Å²) in [4.78, 5) is 27.9. The van der Waals surface area contributed by atoms with Gasteiger partial charge in [-0.2, -0.15) is 5.10 Å². The van der Waals surface area contributed by atoms with Crippen LogP contribution in [-0.4, -0.2) is 62.0 Å². The van der Waals surface area contributed by atoms with Crippen molar-refractivity contribution in [1.29, 1.82) is 0 Å². The molecule has 0 amide bonds. The quantitative estimate of drug-likeness (QED) is 0.187. The van der Waals surface area contributed by atoms with Crippen molar-refractivity contribution in [3.63, 3.8) is 0 Å². The lowest BCUT2D eigenvalue weighted by atomic mass is 10.1. The van der Waals surface area contributed by atoms with Gasteiger partial charge in [-0.25, -0.2) is 19.3 Å². The fraction of sp³-hybridized carbons (Fsp3) is 0.296. The maximum absolute atomic E-state index is 13.2. The Morgan fingerprint density at radius 2 is 1.92 bits per heavy atom. The van der Waals surface area contributed by atoms with E-state index < -0.39 is 5.91 Å². The summed E-state index contributed by atoms with van der Waals surface area (Å²) in [5, 5.41) is 10.9. The third kappa shape index (κ3) is 7.13. The zero-order chi connectivity index (χ0) is 27.9. The second-order valence-electron chi connectivity index (χ2n) is 9.03. The number of hydrogen-bond acceptors (Lipinski definition) is 9. The number of para-hydroxylation sites is 1. The molecule has 4 rings (SSSR count). The SMILES string of the molecule is CCC(=O)c1cnc(Nc2ccc(CN(C)CC(F)P)cn2)cc1Nc1cccc(-c2ncn(C)n2)c1OC. The van der Waals surface area contributed by atoms with E-state index in [-0.39, 0.29) is 5.78 Å². The monoisotopic (exact) mass is 550 g/mol. The Bertz CT molecular complexity index is 1430. The minimum absolute atomic E-state index is 0.0503. The molecule has 39 heavy (non-hydrogen) atoms. The average molecular weight is 551 g/mol. The topological polar surface area (TPSA) is 110 Å². The lowest BCUT2D eigenvalue weighted by molar-refractivity contribution is 0.0988. The molecule has 2 N–H and O–H groups in total. The molecule has 3 heterocycles. The van der Waals surface area contributed by atoms with Gasteiger partial charge in [0.05, 0.1) is 29.6 Å². The average Bonchev–Trinajstić information content (AvgIpc) is 3.35. The van der Waals surface area contributed by atoms with Crippen molar-refractivity contribution in [3.8, 4) is 17.1 Å². The van der Waals surface area contributed by atoms with E-state index in [2.05, 4.69) is 39.9 Å². The Morgan fingerprint density at radius 3 is 2.56 bits per heavy atom. The summed E-state index contributed by atoms with van der Waals surface area (Å²) < 4.78 is 20.6. The summed E-state index contributed by atoms with van der Waals surface area (Å²) in [5.41, 5.74) is 3.35. The van der Waals surface area contributed by atoms with Crippen molar-refractivity contribution in [2.45, 2.75) is 25.8 Å². The molecule has 0 aliphatic heterocycles. The van der Waals surface area contributed by atoms with E-state index in [9.17, 15) is 9.18 Å². The number of carbonyl (C=O) groups excluding carboxylic acids is 1. The molecule has 0 fully saturated rings. The van der Waals surface area contributed by atoms with Crippen molar-refractivity contribution in [1.82, 2.24) is 29.6 Å². The van der Waals surface area contributed by atoms with Crippen molar-refractivity contribution in [3.05, 3.63) is 66.2 Å². The number of benzene rings is 1. The first-order valence-corrected chi connectivity index (χ1v) is 13.1. The Hall–Kier alpha value is -3.95. The molecule has 0 bridgehead atoms. The third-order valence-corrected chi connectivity index (χ3v) is 6.08. The van der Waals surface area contributed by atoms with Crippen LogP contribution in [0.15, 0.2) is 55.1 Å². The van der Waals surface area contributed by atoms with Crippen LogP contribution in [0.3, 0.4) is 0 Å². The van der Waals surface area contributed by atoms with Crippen LogP contribution in [-0.2, 0) is 13.6 Å². The molecule has 2 unspecified atom stereocenters. The first-order chi connectivity index (χ1) is 18.8. The van der Waals surface area contributed by atoms with E-state index in [0.29, 0.717) is 65.2 Å². The van der Waals surface area contributed by atoms with Crippen LogP contribution in [0.25, 0.3) is 11.4 Å². The number of Topliss-reactive ketones (excluding diaryl/α,β-unsaturated/α-hetero) is 1. The molecule has 0 saturated carbocycles. The van der Waals surface area contributed by atoms with Gasteiger partial charge in [0, 0.05) is 45.0 Å². The summed E-state index contributed by atoms with van der Waals surface area (Å²) in [6.45, 7) is 2.71. The molecule has 0 aliphatic rings. The lowest BCUT2D eigenvalue weighted by Gasteiger charge is -2.17. The highest BCUT2D eigenvalue weighted by atomic mass is 31.0. The van der Waals surface area contributed by atoms with Crippen molar-refractivity contribution >= 4 is 38.0 Å². The van der Waals surface area contributed by atoms with Gasteiger partial charge in [-0.3, -0.25) is 14.4 Å². The Balaban J connectivity index is 1.60. The number of anilines is 4. The Labute approximate surface area is 229 Å². The summed E-state index contributed by atoms with van der Waals surface area (Å²) in [7, 11) is 7.39. The minimum Gasteiger partial charge on any atom is -0.494 e. The number of rotatable bonds is 12. The standard InChI is InChI=1S/C27H32FN8O2P/c1-5-22(37)19-13-30-25(33-24-10-9-17(12-29-24)14-35(2)15-23(28)39)11-21(19)32-20-8-6-7-18(26(20)38-4)27-31-16-36(3)34-27/h6-13,16,23H,5,14-15,39H2,1-4H3,(H2,29,30,32,33). The number of aryl methyl sites for hydroxylation is 1. The summed E-state index contributed by atoms with van der Waals surface area (Å²) in [5.74, 6) is 1.14. The van der Waals surface area contributed by atoms with E-state index >= 15 is 0 Å². The number of ether oxygens (including phenoxy) is 1. The Kier molecular flexibility index (Phi) is 9.16. The van der Waals surface area contributed by atoms with Gasteiger partial charge in [0.1, 0.15) is 23.9 Å². The molecule has 0 saturated heterocycles. The van der Waals surface area contributed by atoms with Gasteiger partial charge in [0.2, 0.25) is 0 Å². The van der Waals surface area contributed by atoms with Crippen LogP contribution >= 0.6 is 9.24 Å². The lowest BCUT2D eigenvalue weighted by Crippen LogP contribution is -2.23. The Morgan fingerprint density at radius 1 is 1.13 bits per heavy atom. The van der Waals surface area contributed by atoms with E-state index in [4.69, 9.17) is 4.74 Å². The van der Waals surface area contributed by atoms with Crippen LogP contribution < -0.4 is 15.4 Å². The molecule has 10 nitrogen and oxygen atoms in total. The van der Waals surface area contributed by atoms with Gasteiger partial charge in [-0.05, 0) is 30.8 Å². The maximum Gasteiger partial charge on any atom is 0.184 e. The normalized spacial score (nSPS) is 11.9. The highest BCUT2D eigenvalue weighted by molar-refractivity contribution is 7.17. The number of aromatic nitrogens is 5. The minimum atomic E-state index is -0.977. The van der Waals surface area contributed by atoms with Crippen LogP contribution in [0, 0.1) is 0 Å². The van der Waals surface area contributed by atoms with Crippen LogP contribution in [0.5, 0.6) is 5.75 Å². The van der Waals surface area contributed by atoms with Gasteiger partial charge in [-0.1, -0.05) is 28.3 Å². The fourth-order valence-electron chi connectivity index (χ4n) is 4.08. The third-order valence-electron chi connectivity index (χ3n) is 5.87. The van der Waals surface area contributed by atoms with Crippen molar-refractivity contribution < 1.29 is 13.9 Å². The molecule has 204 valence electrons. The fourth-order valence-corrected chi connectivity index (χ4v) is 4.44. The van der Waals surface area contributed by atoms with E-state index in [1.807, 2.05) is 49.2 Å². The maximum atomic E-state index is 13.2. The number of carbonyl (C=O) groups is 1. The number of halogens is 1. The van der Waals surface area contributed by atoms with Crippen molar-refractivity contribution in [2.75, 3.05) is 31.3 Å². The molecular weight excluding hydrogens is 518 g/mol. The van der Waals surface area contributed by atoms with Gasteiger partial charge in [0.15, 0.2) is 17.4 Å². The van der Waals surface area contributed by atoms with Gasteiger partial charge >= 0.3 is 0 Å². The molecule has 4 aromatic rings. The first kappa shape index (κ1) is 28.1. The predicted molar refractivity (Wildman–Crippen MR) is 154 cm³/mol. The first-order valence-electron chi connectivity index (χ1n) is 12.4. The van der Waals surface area contributed by atoms with Crippen molar-refractivity contribution in [2.24, 2.45) is 7.05 Å². The molecule has 0 radical (unpaired) electrons. The number of methoxy groups -OCH3 is 1. The second kappa shape index (κ2) is 12.7. The molecule has 12 heteroatoms. The van der Waals surface area contributed by atoms with Crippen LogP contribution in [0.4, 0.5) is 27.4 Å². The van der Waals surface area contributed by atoms with Gasteiger partial charge in [-0.15, -0.1) is 0 Å². The largest absolute Gasteiger partial charge is 0.494 e. The van der Waals surface area contributed by atoms with Gasteiger partial charge in [0.25, 0.3) is 0 Å². The van der Waals surface area contributed by atoms with E-state index in [1.165, 1.54) is 0 Å². The molecule has 1 aromatic carbocycles. The molecule has 0 aliphatic carbocycles. The molecule has 2 atom stereocenters. The summed E-state index contributed by atoms with van der Waals surface area (Å²) in [6, 6.07) is 11.1. The summed E-state index contributed by atoms with van der Waals surface area (Å²) >= 11 is 0. The highest BCUT2D eigenvalue weighted by Gasteiger charge is 2.18. The predicted octanol–water partition coefficient (Wildman–Crippen LogP) is 4.96. The van der Waals surface area contributed by atoms with E-state index in [0.717, 1.165) is 5.56 Å². The number of nitrogens with zero attached hydrogens (tertiary/aromatic N) is 6. The second-order valence-corrected chi connectivity index (χ2v) is 9.76. The molecular formula is C27H32FN8O2P. The number of hydrogen-bond donors (Lipinski definition) is 2. The smallest absolute Gasteiger partial charge is 0.184 e. The van der Waals surface area contributed by atoms with E-state index in [1.54, 1.807) is 43.6 Å². The number of pyridine rings is 2. The molecule has 3 aromatic heterocycles. The summed E-state index contributed by atoms with van der Waals surface area (Å²) in [6.07, 6.45) is 5.24. The number of ketones is 1. The highest BCUT2D eigenvalue weighted by Crippen LogP contribution is 2.37. The zero-order valence-electron chi connectivity index (χ0n) is 22.3. The number of nitrogens with one attached hydrogen (secondary N) is 2. The van der Waals surface area contributed by atoms with Crippen LogP contribution in [0.2, 0.25) is 0 Å². The van der Waals surface area contributed by atoms with Crippen LogP contribution in [0.1, 0.15) is 29.3 Å².